The molecule has 0 unspecified atom stereocenters. The summed E-state index contributed by atoms with van der Waals surface area (Å²) < 4.78 is 48.5. The monoisotopic (exact) mass is 304 g/mol. The van der Waals surface area contributed by atoms with Crippen LogP contribution in [-0.2, 0) is 20.0 Å². The Balaban J connectivity index is 5.46. The van der Waals surface area contributed by atoms with Crippen molar-refractivity contribution in [3.8, 4) is 0 Å². The van der Waals surface area contributed by atoms with Gasteiger partial charge in [-0.05, 0) is 13.8 Å². The van der Waals surface area contributed by atoms with Crippen LogP contribution in [0.2, 0.25) is 0 Å². The molecule has 110 valence electrons. The molecule has 0 aliphatic heterocycles. The second-order valence-electron chi connectivity index (χ2n) is 3.35. The number of hydrogen-bond donors (Lipinski definition) is 2. The van der Waals surface area contributed by atoms with Crippen LogP contribution in [-0.4, -0.2) is 73.7 Å². The zero-order valence-electron chi connectivity index (χ0n) is 10.5. The molecule has 0 heterocycles. The first kappa shape index (κ1) is 17.7. The van der Waals surface area contributed by atoms with Gasteiger partial charge in [-0.15, -0.1) is 8.83 Å². The van der Waals surface area contributed by atoms with Crippen molar-refractivity contribution in [1.82, 2.24) is 8.83 Å². The van der Waals surface area contributed by atoms with E-state index in [0.717, 1.165) is 0 Å². The van der Waals surface area contributed by atoms with Gasteiger partial charge in [0.15, 0.2) is 0 Å². The number of hydrazine groups is 1. The molecule has 0 fully saturated rings. The molecule has 0 aromatic heterocycles. The van der Waals surface area contributed by atoms with Crippen molar-refractivity contribution in [2.24, 2.45) is 0 Å². The van der Waals surface area contributed by atoms with Crippen LogP contribution in [0.15, 0.2) is 0 Å². The smallest absolute Gasteiger partial charge is 0.230 e. The highest BCUT2D eigenvalue weighted by Gasteiger charge is 2.33. The quantitative estimate of drug-likeness (QED) is 0.485. The highest BCUT2D eigenvalue weighted by molar-refractivity contribution is 7.91. The summed E-state index contributed by atoms with van der Waals surface area (Å²) in [6.45, 7) is 1.32. The topological polar surface area (TPSA) is 115 Å². The molecule has 0 amide bonds. The lowest BCUT2D eigenvalue weighted by Gasteiger charge is -2.31. The standard InChI is InChI=1S/C8H20N2O6S2/c1-3-9(17(13,14)4-2)10(5-6-11)18(15,16)8-7-12/h11-12H,3-8H2,1-2H3. The molecular weight excluding hydrogens is 284 g/mol. The summed E-state index contributed by atoms with van der Waals surface area (Å²) in [6.07, 6.45) is 0. The van der Waals surface area contributed by atoms with E-state index >= 15 is 0 Å². The molecule has 0 aliphatic rings. The van der Waals surface area contributed by atoms with Gasteiger partial charge in [0.1, 0.15) is 0 Å². The summed E-state index contributed by atoms with van der Waals surface area (Å²) in [5.74, 6) is -0.847. The largest absolute Gasteiger partial charge is 0.395 e. The summed E-state index contributed by atoms with van der Waals surface area (Å²) in [5, 5.41) is 17.6. The SMILES string of the molecule is CCN(N(CCO)S(=O)(=O)CCO)S(=O)(=O)CC. The molecule has 2 N–H and O–H groups in total. The fourth-order valence-corrected chi connectivity index (χ4v) is 4.19. The third-order valence-corrected chi connectivity index (χ3v) is 5.82. The van der Waals surface area contributed by atoms with Gasteiger partial charge in [-0.25, -0.2) is 16.8 Å². The molecule has 0 bridgehead atoms. The van der Waals surface area contributed by atoms with E-state index in [9.17, 15) is 16.8 Å². The maximum atomic E-state index is 11.8. The Morgan fingerprint density at radius 2 is 1.44 bits per heavy atom. The third kappa shape index (κ3) is 4.44. The van der Waals surface area contributed by atoms with Crippen LogP contribution in [0.1, 0.15) is 13.8 Å². The summed E-state index contributed by atoms with van der Waals surface area (Å²) in [4.78, 5) is 0. The lowest BCUT2D eigenvalue weighted by Crippen LogP contribution is -2.52. The summed E-state index contributed by atoms with van der Waals surface area (Å²) in [5.41, 5.74) is 0. The van der Waals surface area contributed by atoms with Crippen molar-refractivity contribution in [2.75, 3.05) is 37.8 Å². The van der Waals surface area contributed by atoms with Gasteiger partial charge >= 0.3 is 0 Å². The summed E-state index contributed by atoms with van der Waals surface area (Å²) in [7, 11) is -7.71. The van der Waals surface area contributed by atoms with E-state index in [1.807, 2.05) is 0 Å². The van der Waals surface area contributed by atoms with Crippen LogP contribution >= 0.6 is 0 Å². The Morgan fingerprint density at radius 3 is 1.78 bits per heavy atom. The van der Waals surface area contributed by atoms with Crippen LogP contribution < -0.4 is 0 Å². The predicted octanol–water partition coefficient (Wildman–Crippen LogP) is -1.81. The molecule has 0 spiro atoms. The average Bonchev–Trinajstić information content (AvgIpc) is 2.28. The second kappa shape index (κ2) is 7.36. The first-order valence-electron chi connectivity index (χ1n) is 5.49. The van der Waals surface area contributed by atoms with Gasteiger partial charge in [-0.3, -0.25) is 0 Å². The molecule has 0 radical (unpaired) electrons. The minimum absolute atomic E-state index is 0.0686. The van der Waals surface area contributed by atoms with E-state index in [2.05, 4.69) is 0 Å². The van der Waals surface area contributed by atoms with Crippen LogP contribution in [0.5, 0.6) is 0 Å². The Morgan fingerprint density at radius 1 is 0.889 bits per heavy atom. The fraction of sp³-hybridized carbons (Fsp3) is 1.00. The van der Waals surface area contributed by atoms with Crippen molar-refractivity contribution in [3.05, 3.63) is 0 Å². The molecule has 0 saturated heterocycles. The number of aliphatic hydroxyl groups is 2. The lowest BCUT2D eigenvalue weighted by atomic mass is 10.7. The first-order valence-corrected chi connectivity index (χ1v) is 8.71. The first-order chi connectivity index (χ1) is 8.26. The van der Waals surface area contributed by atoms with Gasteiger partial charge in [-0.2, -0.15) is 0 Å². The number of hydrogen-bond acceptors (Lipinski definition) is 6. The third-order valence-electron chi connectivity index (χ3n) is 2.17. The van der Waals surface area contributed by atoms with E-state index in [0.29, 0.717) is 8.83 Å². The van der Waals surface area contributed by atoms with Gasteiger partial charge in [0.25, 0.3) is 0 Å². The van der Waals surface area contributed by atoms with Crippen LogP contribution in [0.3, 0.4) is 0 Å². The van der Waals surface area contributed by atoms with E-state index in [1.165, 1.54) is 13.8 Å². The molecule has 18 heavy (non-hydrogen) atoms. The Labute approximate surface area is 108 Å². The fourth-order valence-electron chi connectivity index (χ4n) is 1.34. The Hall–Kier alpha value is -0.260. The normalized spacial score (nSPS) is 13.4. The van der Waals surface area contributed by atoms with E-state index in [4.69, 9.17) is 10.2 Å². The number of rotatable bonds is 9. The van der Waals surface area contributed by atoms with Gasteiger partial charge < -0.3 is 10.2 Å². The maximum absolute atomic E-state index is 11.8. The summed E-state index contributed by atoms with van der Waals surface area (Å²) in [6, 6.07) is 0. The minimum Gasteiger partial charge on any atom is -0.395 e. The van der Waals surface area contributed by atoms with Gasteiger partial charge in [-0.1, -0.05) is 0 Å². The Kier molecular flexibility index (Phi) is 7.25. The van der Waals surface area contributed by atoms with Crippen molar-refractivity contribution in [3.63, 3.8) is 0 Å². The Bertz CT molecular complexity index is 433. The average molecular weight is 304 g/mol. The maximum Gasteiger partial charge on any atom is 0.230 e. The predicted molar refractivity (Wildman–Crippen MR) is 66.5 cm³/mol. The molecule has 0 atom stereocenters. The number of sulfonamides is 2. The minimum atomic E-state index is -3.97. The van der Waals surface area contributed by atoms with Crippen molar-refractivity contribution in [2.45, 2.75) is 13.8 Å². The molecule has 0 rings (SSSR count). The molecule has 8 nitrogen and oxygen atoms in total. The number of nitrogens with zero attached hydrogens (tertiary/aromatic N) is 2. The van der Waals surface area contributed by atoms with Crippen LogP contribution in [0.25, 0.3) is 0 Å². The van der Waals surface area contributed by atoms with Gasteiger partial charge in [0.05, 0.1) is 31.3 Å². The van der Waals surface area contributed by atoms with Crippen LogP contribution in [0.4, 0.5) is 0 Å². The zero-order chi connectivity index (χ0) is 14.4. The van der Waals surface area contributed by atoms with Crippen molar-refractivity contribution >= 4 is 20.0 Å². The lowest BCUT2D eigenvalue weighted by molar-refractivity contribution is 0.134. The molecule has 10 heteroatoms. The molecule has 0 aromatic carbocycles. The molecular formula is C8H20N2O6S2. The van der Waals surface area contributed by atoms with E-state index in [1.54, 1.807) is 0 Å². The number of aliphatic hydroxyl groups excluding tert-OH is 2. The summed E-state index contributed by atoms with van der Waals surface area (Å²) >= 11 is 0. The van der Waals surface area contributed by atoms with Gasteiger partial charge in [0, 0.05) is 6.54 Å². The molecule has 0 saturated carbocycles. The highest BCUT2D eigenvalue weighted by Crippen LogP contribution is 2.12. The second-order valence-corrected chi connectivity index (χ2v) is 7.50. The molecule has 0 aliphatic carbocycles. The molecule has 0 aromatic rings. The van der Waals surface area contributed by atoms with Crippen molar-refractivity contribution < 1.29 is 27.0 Å². The zero-order valence-corrected chi connectivity index (χ0v) is 12.1. The van der Waals surface area contributed by atoms with Crippen LogP contribution in [0, 0.1) is 0 Å². The highest BCUT2D eigenvalue weighted by atomic mass is 32.2. The van der Waals surface area contributed by atoms with Crippen molar-refractivity contribution in [1.29, 1.82) is 0 Å². The van der Waals surface area contributed by atoms with E-state index in [-0.39, 0.29) is 18.8 Å². The van der Waals surface area contributed by atoms with Gasteiger partial charge in [0.2, 0.25) is 20.0 Å². The van der Waals surface area contributed by atoms with E-state index < -0.39 is 39.0 Å².